The van der Waals surface area contributed by atoms with E-state index in [0.29, 0.717) is 17.8 Å². The molecule has 0 radical (unpaired) electrons. The van der Waals surface area contributed by atoms with Crippen LogP contribution in [-0.4, -0.2) is 64.7 Å². The van der Waals surface area contributed by atoms with Crippen molar-refractivity contribution in [1.29, 1.82) is 0 Å². The molecule has 1 aliphatic rings. The highest BCUT2D eigenvalue weighted by Gasteiger charge is 2.16. The average Bonchev–Trinajstić information content (AvgIpc) is 2.75. The monoisotopic (exact) mass is 444 g/mol. The number of unbranched alkanes of at least 4 members (excludes halogenated alkanes) is 1. The fourth-order valence-electron chi connectivity index (χ4n) is 3.71. The van der Waals surface area contributed by atoms with Crippen LogP contribution in [0.25, 0.3) is 0 Å². The zero-order valence-electron chi connectivity index (χ0n) is 18.3. The molecule has 1 fully saturated rings. The van der Waals surface area contributed by atoms with E-state index in [4.69, 9.17) is 0 Å². The van der Waals surface area contributed by atoms with Crippen LogP contribution in [0.4, 0.5) is 11.4 Å². The minimum absolute atomic E-state index is 0.187. The highest BCUT2D eigenvalue weighted by Crippen LogP contribution is 2.18. The highest BCUT2D eigenvalue weighted by atomic mass is 32.2. The Hall–Kier alpha value is -2.58. The number of para-hydroxylation sites is 1. The molecular weight excluding hydrogens is 412 g/mol. The summed E-state index contributed by atoms with van der Waals surface area (Å²) in [5, 5.41) is 2.93. The van der Waals surface area contributed by atoms with E-state index in [1.165, 1.54) is 5.69 Å². The molecule has 7 nitrogen and oxygen atoms in total. The Kier molecular flexibility index (Phi) is 7.92. The van der Waals surface area contributed by atoms with Crippen LogP contribution in [-0.2, 0) is 10.0 Å². The molecule has 2 N–H and O–H groups in total. The smallest absolute Gasteiger partial charge is 0.251 e. The van der Waals surface area contributed by atoms with E-state index in [0.717, 1.165) is 57.4 Å². The van der Waals surface area contributed by atoms with Gasteiger partial charge in [-0.25, -0.2) is 8.42 Å². The number of benzene rings is 2. The summed E-state index contributed by atoms with van der Waals surface area (Å²) < 4.78 is 25.4. The van der Waals surface area contributed by atoms with E-state index in [1.54, 1.807) is 25.1 Å². The lowest BCUT2D eigenvalue weighted by Gasteiger charge is -2.36. The molecule has 1 amide bonds. The predicted octanol–water partition coefficient (Wildman–Crippen LogP) is 2.70. The lowest BCUT2D eigenvalue weighted by Crippen LogP contribution is -2.46. The summed E-state index contributed by atoms with van der Waals surface area (Å²) in [5.41, 5.74) is 2.95. The molecule has 0 aromatic heterocycles. The number of aryl methyl sites for hydroxylation is 1. The Labute approximate surface area is 185 Å². The normalized spacial score (nSPS) is 15.0. The molecular formula is C23H32N4O3S. The summed E-state index contributed by atoms with van der Waals surface area (Å²) >= 11 is 0. The van der Waals surface area contributed by atoms with Crippen LogP contribution in [0.15, 0.2) is 48.5 Å². The second-order valence-electron chi connectivity index (χ2n) is 8.03. The first-order chi connectivity index (χ1) is 14.8. The number of hydrogen-bond donors (Lipinski definition) is 2. The van der Waals surface area contributed by atoms with Crippen LogP contribution >= 0.6 is 0 Å². The number of nitrogens with zero attached hydrogens (tertiary/aromatic N) is 2. The molecule has 0 aliphatic carbocycles. The molecule has 1 aliphatic heterocycles. The molecule has 1 saturated heterocycles. The third kappa shape index (κ3) is 7.25. The molecule has 1 heterocycles. The van der Waals surface area contributed by atoms with Crippen LogP contribution < -0.4 is 14.9 Å². The maximum Gasteiger partial charge on any atom is 0.251 e. The quantitative estimate of drug-likeness (QED) is 0.581. The fourth-order valence-corrected chi connectivity index (χ4v) is 4.33. The van der Waals surface area contributed by atoms with E-state index >= 15 is 0 Å². The fraction of sp³-hybridized carbons (Fsp3) is 0.435. The Bertz CT molecular complexity index is 972. The largest absolute Gasteiger partial charge is 0.369 e. The third-order valence-corrected chi connectivity index (χ3v) is 6.07. The standard InChI is InChI=1S/C23H32N4O3S/c1-19-10-11-20(18-22(19)25-31(2,29)30)23(28)24-12-6-7-13-26-14-16-27(17-15-26)21-8-4-3-5-9-21/h3-5,8-11,18,25H,6-7,12-17H2,1-2H3,(H,24,28). The summed E-state index contributed by atoms with van der Waals surface area (Å²) in [6.45, 7) is 7.63. The molecule has 3 rings (SSSR count). The summed E-state index contributed by atoms with van der Waals surface area (Å²) in [6, 6.07) is 15.6. The Morgan fingerprint density at radius 1 is 1.00 bits per heavy atom. The van der Waals surface area contributed by atoms with Gasteiger partial charge in [0.05, 0.1) is 11.9 Å². The minimum Gasteiger partial charge on any atom is -0.369 e. The SMILES string of the molecule is Cc1ccc(C(=O)NCCCCN2CCN(c3ccccc3)CC2)cc1NS(C)(=O)=O. The van der Waals surface area contributed by atoms with Crippen molar-refractivity contribution in [2.45, 2.75) is 19.8 Å². The topological polar surface area (TPSA) is 81.8 Å². The molecule has 2 aromatic carbocycles. The van der Waals surface area contributed by atoms with Gasteiger partial charge in [-0.1, -0.05) is 24.3 Å². The van der Waals surface area contributed by atoms with Gasteiger partial charge in [-0.2, -0.15) is 0 Å². The van der Waals surface area contributed by atoms with Crippen molar-refractivity contribution in [3.8, 4) is 0 Å². The molecule has 2 aromatic rings. The van der Waals surface area contributed by atoms with Crippen molar-refractivity contribution in [2.75, 3.05) is 55.1 Å². The number of piperazine rings is 1. The van der Waals surface area contributed by atoms with Crippen LogP contribution in [0.3, 0.4) is 0 Å². The molecule has 0 spiro atoms. The van der Waals surface area contributed by atoms with Gasteiger partial charge in [0.15, 0.2) is 0 Å². The number of anilines is 2. The van der Waals surface area contributed by atoms with Crippen LogP contribution in [0.5, 0.6) is 0 Å². The zero-order chi connectivity index (χ0) is 22.3. The van der Waals surface area contributed by atoms with Crippen LogP contribution in [0, 0.1) is 6.92 Å². The van der Waals surface area contributed by atoms with Gasteiger partial charge < -0.3 is 10.2 Å². The van der Waals surface area contributed by atoms with Crippen LogP contribution in [0.2, 0.25) is 0 Å². The second kappa shape index (κ2) is 10.6. The molecule has 8 heteroatoms. The number of rotatable bonds is 9. The van der Waals surface area contributed by atoms with E-state index in [9.17, 15) is 13.2 Å². The first kappa shape index (κ1) is 23.1. The van der Waals surface area contributed by atoms with E-state index in [1.807, 2.05) is 6.07 Å². The number of amides is 1. The predicted molar refractivity (Wildman–Crippen MR) is 126 cm³/mol. The maximum absolute atomic E-state index is 12.4. The van der Waals surface area contributed by atoms with Gasteiger partial charge in [-0.05, 0) is 56.1 Å². The number of carbonyl (C=O) groups excluding carboxylic acids is 1. The van der Waals surface area contributed by atoms with Gasteiger partial charge >= 0.3 is 0 Å². The van der Waals surface area contributed by atoms with Gasteiger partial charge in [0.2, 0.25) is 10.0 Å². The average molecular weight is 445 g/mol. The number of nitrogens with one attached hydrogen (secondary N) is 2. The van der Waals surface area contributed by atoms with Gasteiger partial charge in [0, 0.05) is 44.0 Å². The second-order valence-corrected chi connectivity index (χ2v) is 9.78. The molecule has 0 bridgehead atoms. The first-order valence-electron chi connectivity index (χ1n) is 10.7. The maximum atomic E-state index is 12.4. The number of sulfonamides is 1. The summed E-state index contributed by atoms with van der Waals surface area (Å²) in [7, 11) is -3.39. The van der Waals surface area contributed by atoms with Crippen molar-refractivity contribution in [2.24, 2.45) is 0 Å². The van der Waals surface area contributed by atoms with Gasteiger partial charge in [-0.15, -0.1) is 0 Å². The molecule has 0 saturated carbocycles. The van der Waals surface area contributed by atoms with E-state index < -0.39 is 10.0 Å². The number of carbonyl (C=O) groups is 1. The van der Waals surface area contributed by atoms with Crippen molar-refractivity contribution in [3.05, 3.63) is 59.7 Å². The van der Waals surface area contributed by atoms with Gasteiger partial charge in [0.1, 0.15) is 0 Å². The Morgan fingerprint density at radius 2 is 1.71 bits per heavy atom. The highest BCUT2D eigenvalue weighted by molar-refractivity contribution is 7.92. The van der Waals surface area contributed by atoms with Crippen molar-refractivity contribution >= 4 is 27.3 Å². The summed E-state index contributed by atoms with van der Waals surface area (Å²) in [5.74, 6) is -0.187. The lowest BCUT2D eigenvalue weighted by molar-refractivity contribution is 0.0952. The van der Waals surface area contributed by atoms with E-state index in [-0.39, 0.29) is 5.91 Å². The van der Waals surface area contributed by atoms with E-state index in [2.05, 4.69) is 44.1 Å². The van der Waals surface area contributed by atoms with Crippen molar-refractivity contribution in [3.63, 3.8) is 0 Å². The van der Waals surface area contributed by atoms with Crippen molar-refractivity contribution in [1.82, 2.24) is 10.2 Å². The zero-order valence-corrected chi connectivity index (χ0v) is 19.1. The van der Waals surface area contributed by atoms with Gasteiger partial charge in [0.25, 0.3) is 5.91 Å². The lowest BCUT2D eigenvalue weighted by atomic mass is 10.1. The van der Waals surface area contributed by atoms with Crippen LogP contribution in [0.1, 0.15) is 28.8 Å². The number of hydrogen-bond acceptors (Lipinski definition) is 5. The summed E-state index contributed by atoms with van der Waals surface area (Å²) in [4.78, 5) is 17.3. The first-order valence-corrected chi connectivity index (χ1v) is 12.6. The van der Waals surface area contributed by atoms with Crippen molar-refractivity contribution < 1.29 is 13.2 Å². The summed E-state index contributed by atoms with van der Waals surface area (Å²) in [6.07, 6.45) is 3.03. The Morgan fingerprint density at radius 3 is 2.39 bits per heavy atom. The Balaban J connectivity index is 1.36. The molecule has 0 unspecified atom stereocenters. The molecule has 31 heavy (non-hydrogen) atoms. The minimum atomic E-state index is -3.39. The molecule has 168 valence electrons. The molecule has 0 atom stereocenters. The third-order valence-electron chi connectivity index (χ3n) is 5.48. The van der Waals surface area contributed by atoms with Gasteiger partial charge in [-0.3, -0.25) is 14.4 Å².